The van der Waals surface area contributed by atoms with E-state index in [1.165, 1.54) is 18.4 Å². The van der Waals surface area contributed by atoms with E-state index in [0.717, 1.165) is 18.8 Å². The van der Waals surface area contributed by atoms with Crippen LogP contribution in [0.5, 0.6) is 0 Å². The summed E-state index contributed by atoms with van der Waals surface area (Å²) in [6.45, 7) is 3.27. The minimum atomic E-state index is -0.00766. The van der Waals surface area contributed by atoms with Crippen LogP contribution in [0, 0.1) is 0 Å². The average molecular weight is 340 g/mol. The number of carbonyl (C=O) groups is 1. The average Bonchev–Trinajstić information content (AvgIpc) is 3.36. The van der Waals surface area contributed by atoms with Crippen LogP contribution in [0.25, 0.3) is 0 Å². The molecule has 2 aliphatic rings. The lowest BCUT2D eigenvalue weighted by atomic mass is 9.94. The van der Waals surface area contributed by atoms with Crippen LogP contribution in [0.1, 0.15) is 61.8 Å². The van der Waals surface area contributed by atoms with E-state index in [0.29, 0.717) is 36.9 Å². The Morgan fingerprint density at radius 2 is 2.20 bits per heavy atom. The van der Waals surface area contributed by atoms with Crippen LogP contribution < -0.4 is 5.32 Å². The zero-order valence-corrected chi connectivity index (χ0v) is 14.5. The van der Waals surface area contributed by atoms with Gasteiger partial charge in [0.05, 0.1) is 6.54 Å². The predicted octanol–water partition coefficient (Wildman–Crippen LogP) is 2.79. The van der Waals surface area contributed by atoms with Crippen molar-refractivity contribution in [3.05, 3.63) is 47.6 Å². The zero-order chi connectivity index (χ0) is 17.2. The maximum atomic E-state index is 11.4. The van der Waals surface area contributed by atoms with E-state index in [-0.39, 0.29) is 5.91 Å². The molecule has 1 aromatic heterocycles. The highest BCUT2D eigenvalue weighted by atomic mass is 16.5. The van der Waals surface area contributed by atoms with Gasteiger partial charge in [-0.25, -0.2) is 0 Å². The lowest BCUT2D eigenvalue weighted by Gasteiger charge is -2.24. The molecule has 3 heterocycles. The Balaban J connectivity index is 1.51. The zero-order valence-electron chi connectivity index (χ0n) is 14.5. The van der Waals surface area contributed by atoms with Crippen molar-refractivity contribution in [1.82, 2.24) is 20.4 Å². The Morgan fingerprint density at radius 1 is 1.36 bits per heavy atom. The van der Waals surface area contributed by atoms with Gasteiger partial charge in [0.2, 0.25) is 11.8 Å². The van der Waals surface area contributed by atoms with E-state index in [1.54, 1.807) is 0 Å². The molecule has 1 N–H and O–H groups in total. The summed E-state index contributed by atoms with van der Waals surface area (Å²) in [4.78, 5) is 18.6. The van der Waals surface area contributed by atoms with Gasteiger partial charge in [0.1, 0.15) is 0 Å². The monoisotopic (exact) mass is 340 g/mol. The minimum absolute atomic E-state index is 0.00766. The molecule has 6 nitrogen and oxygen atoms in total. The van der Waals surface area contributed by atoms with Crippen molar-refractivity contribution < 1.29 is 9.32 Å². The molecule has 0 unspecified atom stereocenters. The molecule has 0 saturated carbocycles. The number of nitrogens with one attached hydrogen (secondary N) is 1. The van der Waals surface area contributed by atoms with E-state index in [9.17, 15) is 4.79 Å². The molecule has 2 aromatic rings. The molecular weight excluding hydrogens is 316 g/mol. The molecule has 2 saturated heterocycles. The summed E-state index contributed by atoms with van der Waals surface area (Å²) in [5.41, 5.74) is 1.37. The van der Waals surface area contributed by atoms with Crippen molar-refractivity contribution in [3.63, 3.8) is 0 Å². The molecule has 0 bridgehead atoms. The number of hydrogen-bond acceptors (Lipinski definition) is 5. The molecule has 0 spiro atoms. The van der Waals surface area contributed by atoms with E-state index in [2.05, 4.69) is 50.7 Å². The topological polar surface area (TPSA) is 71.3 Å². The van der Waals surface area contributed by atoms with Crippen LogP contribution in [0.15, 0.2) is 34.9 Å². The van der Waals surface area contributed by atoms with E-state index in [4.69, 9.17) is 4.52 Å². The van der Waals surface area contributed by atoms with Gasteiger partial charge in [-0.05, 0) is 31.4 Å². The summed E-state index contributed by atoms with van der Waals surface area (Å²) in [5.74, 6) is 1.57. The van der Waals surface area contributed by atoms with Gasteiger partial charge in [-0.3, -0.25) is 9.69 Å². The van der Waals surface area contributed by atoms with E-state index < -0.39 is 0 Å². The highest BCUT2D eigenvalue weighted by Gasteiger charge is 2.46. The van der Waals surface area contributed by atoms with Gasteiger partial charge >= 0.3 is 0 Å². The summed E-state index contributed by atoms with van der Waals surface area (Å²) in [5, 5.41) is 7.01. The highest BCUT2D eigenvalue weighted by molar-refractivity contribution is 5.75. The number of hydrogen-bond donors (Lipinski definition) is 1. The Labute approximate surface area is 147 Å². The maximum Gasteiger partial charge on any atom is 0.246 e. The molecule has 1 amide bonds. The molecular formula is C19H24N4O2. The fourth-order valence-electron chi connectivity index (χ4n) is 4.24. The van der Waals surface area contributed by atoms with E-state index in [1.807, 2.05) is 6.92 Å². The Bertz CT molecular complexity index is 730. The third-order valence-corrected chi connectivity index (χ3v) is 5.44. The first-order valence-corrected chi connectivity index (χ1v) is 9.16. The number of rotatable bonds is 5. The third-order valence-electron chi connectivity index (χ3n) is 5.44. The molecule has 0 aliphatic carbocycles. The first-order chi connectivity index (χ1) is 12.3. The molecule has 25 heavy (non-hydrogen) atoms. The Morgan fingerprint density at radius 3 is 3.00 bits per heavy atom. The molecule has 6 heteroatoms. The predicted molar refractivity (Wildman–Crippen MR) is 92.7 cm³/mol. The fraction of sp³-hybridized carbons (Fsp3) is 0.526. The number of carbonyl (C=O) groups excluding carboxylic acids is 1. The van der Waals surface area contributed by atoms with Crippen LogP contribution >= 0.6 is 0 Å². The fourth-order valence-corrected chi connectivity index (χ4v) is 4.24. The number of nitrogens with zero attached hydrogens (tertiary/aromatic N) is 3. The van der Waals surface area contributed by atoms with Crippen LogP contribution in [-0.2, 0) is 11.3 Å². The number of benzene rings is 1. The van der Waals surface area contributed by atoms with Gasteiger partial charge in [-0.2, -0.15) is 4.98 Å². The molecule has 2 aliphatic heterocycles. The SMILES string of the molecule is CCC(=O)NCc1nc([C@@H]2C[C@H](c3ccccc3)N3CCC[C@@H]23)no1. The van der Waals surface area contributed by atoms with Gasteiger partial charge in [0.25, 0.3) is 0 Å². The van der Waals surface area contributed by atoms with Crippen molar-refractivity contribution >= 4 is 5.91 Å². The smallest absolute Gasteiger partial charge is 0.246 e. The first kappa shape index (κ1) is 16.3. The molecule has 2 fully saturated rings. The number of aromatic nitrogens is 2. The molecule has 132 valence electrons. The first-order valence-electron chi connectivity index (χ1n) is 9.16. The van der Waals surface area contributed by atoms with Crippen molar-refractivity contribution in [2.45, 2.75) is 57.2 Å². The van der Waals surface area contributed by atoms with Gasteiger partial charge in [0.15, 0.2) is 5.82 Å². The molecule has 0 radical (unpaired) electrons. The molecule has 1 aromatic carbocycles. The minimum Gasteiger partial charge on any atom is -0.347 e. The van der Waals surface area contributed by atoms with Crippen LogP contribution in [0.3, 0.4) is 0 Å². The second-order valence-electron chi connectivity index (χ2n) is 6.89. The summed E-state index contributed by atoms with van der Waals surface area (Å²) in [7, 11) is 0. The van der Waals surface area contributed by atoms with Crippen LogP contribution in [0.4, 0.5) is 0 Å². The lowest BCUT2D eigenvalue weighted by molar-refractivity contribution is -0.121. The normalized spacial score (nSPS) is 25.9. The lowest BCUT2D eigenvalue weighted by Crippen LogP contribution is -2.27. The summed E-state index contributed by atoms with van der Waals surface area (Å²) < 4.78 is 5.37. The molecule has 3 atom stereocenters. The standard InChI is InChI=1S/C19H24N4O2/c1-2-17(24)20-12-18-21-19(22-25-18)14-11-16(13-7-4-3-5-8-13)23-10-6-9-15(14)23/h3-5,7-8,14-16H,2,6,9-12H2,1H3,(H,20,24)/t14-,15+,16-/m1/s1. The second-order valence-corrected chi connectivity index (χ2v) is 6.89. The quantitative estimate of drug-likeness (QED) is 0.906. The van der Waals surface area contributed by atoms with Gasteiger partial charge in [-0.15, -0.1) is 0 Å². The van der Waals surface area contributed by atoms with Crippen LogP contribution in [0.2, 0.25) is 0 Å². The van der Waals surface area contributed by atoms with Crippen molar-refractivity contribution in [2.24, 2.45) is 0 Å². The summed E-state index contributed by atoms with van der Waals surface area (Å²) >= 11 is 0. The van der Waals surface area contributed by atoms with E-state index >= 15 is 0 Å². The second kappa shape index (κ2) is 6.96. The highest BCUT2D eigenvalue weighted by Crippen LogP contribution is 2.48. The Hall–Kier alpha value is -2.21. The third kappa shape index (κ3) is 3.18. The molecule has 4 rings (SSSR count). The van der Waals surface area contributed by atoms with Crippen molar-refractivity contribution in [3.8, 4) is 0 Å². The van der Waals surface area contributed by atoms with Crippen LogP contribution in [-0.4, -0.2) is 33.5 Å². The summed E-state index contributed by atoms with van der Waals surface area (Å²) in [6, 6.07) is 11.6. The van der Waals surface area contributed by atoms with Gasteiger partial charge < -0.3 is 9.84 Å². The maximum absolute atomic E-state index is 11.4. The van der Waals surface area contributed by atoms with Crippen molar-refractivity contribution in [1.29, 1.82) is 0 Å². The Kier molecular flexibility index (Phi) is 4.53. The number of amides is 1. The van der Waals surface area contributed by atoms with Gasteiger partial charge in [0, 0.05) is 24.4 Å². The largest absolute Gasteiger partial charge is 0.347 e. The number of fused-ring (bicyclic) bond motifs is 1. The summed E-state index contributed by atoms with van der Waals surface area (Å²) in [6.07, 6.45) is 3.89. The van der Waals surface area contributed by atoms with Gasteiger partial charge in [-0.1, -0.05) is 42.4 Å². The van der Waals surface area contributed by atoms with Crippen molar-refractivity contribution in [2.75, 3.05) is 6.54 Å².